The Balaban J connectivity index is 1.61. The van der Waals surface area contributed by atoms with Gasteiger partial charge in [-0.05, 0) is 36.8 Å². The number of ether oxygens (including phenoxy) is 4. The predicted octanol–water partition coefficient (Wildman–Crippen LogP) is 1.90. The Hall–Kier alpha value is -3.95. The second-order valence-corrected chi connectivity index (χ2v) is 7.89. The smallest absolute Gasteiger partial charge is 0.257 e. The van der Waals surface area contributed by atoms with Crippen LogP contribution in [0.1, 0.15) is 18.9 Å². The van der Waals surface area contributed by atoms with Crippen LogP contribution in [-0.2, 0) is 20.9 Å². The summed E-state index contributed by atoms with van der Waals surface area (Å²) in [6, 6.07) is 10.4. The van der Waals surface area contributed by atoms with E-state index in [0.717, 1.165) is 5.56 Å². The molecule has 0 radical (unpaired) electrons. The molecule has 0 aromatic heterocycles. The van der Waals surface area contributed by atoms with E-state index < -0.39 is 5.92 Å². The number of anilines is 1. The summed E-state index contributed by atoms with van der Waals surface area (Å²) in [5.74, 6) is 0.893. The van der Waals surface area contributed by atoms with Gasteiger partial charge < -0.3 is 34.5 Å². The van der Waals surface area contributed by atoms with Gasteiger partial charge in [-0.3, -0.25) is 14.4 Å². The zero-order chi connectivity index (χ0) is 25.4. The molecule has 3 rings (SSSR count). The number of carbonyl (C=O) groups is 3. The number of nitrogens with one attached hydrogen (secondary N) is 2. The number of methoxy groups -OCH3 is 3. The van der Waals surface area contributed by atoms with Gasteiger partial charge in [-0.25, -0.2) is 0 Å². The van der Waals surface area contributed by atoms with Crippen molar-refractivity contribution in [3.63, 3.8) is 0 Å². The van der Waals surface area contributed by atoms with Gasteiger partial charge in [0.2, 0.25) is 11.8 Å². The van der Waals surface area contributed by atoms with Gasteiger partial charge in [0.1, 0.15) is 11.5 Å². The Morgan fingerprint density at radius 3 is 2.40 bits per heavy atom. The van der Waals surface area contributed by atoms with Gasteiger partial charge in [0.25, 0.3) is 5.91 Å². The molecule has 1 atom stereocenters. The molecule has 1 unspecified atom stereocenters. The number of hydrogen-bond donors (Lipinski definition) is 2. The maximum atomic E-state index is 12.8. The van der Waals surface area contributed by atoms with Crippen LogP contribution in [0.4, 0.5) is 5.69 Å². The highest BCUT2D eigenvalue weighted by Crippen LogP contribution is 2.36. The molecule has 1 aliphatic rings. The molecule has 0 spiro atoms. The first-order valence-corrected chi connectivity index (χ1v) is 11.3. The molecule has 0 aliphatic carbocycles. The van der Waals surface area contributed by atoms with Crippen LogP contribution in [0.3, 0.4) is 0 Å². The zero-order valence-corrected chi connectivity index (χ0v) is 20.4. The summed E-state index contributed by atoms with van der Waals surface area (Å²) >= 11 is 0. The number of likely N-dealkylation sites (N-methyl/N-ethyl adjacent to an activating group) is 1. The molecule has 1 aliphatic heterocycles. The van der Waals surface area contributed by atoms with E-state index in [0.29, 0.717) is 35.2 Å². The number of carbonyl (C=O) groups excluding carboxylic acids is 3. The van der Waals surface area contributed by atoms with Crippen molar-refractivity contribution in [1.29, 1.82) is 0 Å². The van der Waals surface area contributed by atoms with E-state index in [1.165, 1.54) is 14.2 Å². The molecule has 188 valence electrons. The Kier molecular flexibility index (Phi) is 8.77. The van der Waals surface area contributed by atoms with E-state index in [1.807, 2.05) is 6.92 Å². The van der Waals surface area contributed by atoms with E-state index in [-0.39, 0.29) is 43.8 Å². The van der Waals surface area contributed by atoms with Crippen LogP contribution in [0.15, 0.2) is 36.4 Å². The number of amides is 3. The lowest BCUT2D eigenvalue weighted by molar-refractivity contribution is -0.126. The van der Waals surface area contributed by atoms with E-state index in [9.17, 15) is 14.4 Å². The minimum absolute atomic E-state index is 0.0993. The molecule has 0 bridgehead atoms. The molecule has 2 N–H and O–H groups in total. The molecular weight excluding hydrogens is 454 g/mol. The lowest BCUT2D eigenvalue weighted by atomic mass is 10.1. The van der Waals surface area contributed by atoms with Gasteiger partial charge in [0.15, 0.2) is 18.1 Å². The average molecular weight is 486 g/mol. The summed E-state index contributed by atoms with van der Waals surface area (Å²) in [7, 11) is 4.58. The Morgan fingerprint density at radius 1 is 0.971 bits per heavy atom. The average Bonchev–Trinajstić information content (AvgIpc) is 3.27. The van der Waals surface area contributed by atoms with Gasteiger partial charge in [-0.2, -0.15) is 0 Å². The third-order valence-corrected chi connectivity index (χ3v) is 5.60. The number of nitrogens with zero attached hydrogens (tertiary/aromatic N) is 1. The van der Waals surface area contributed by atoms with Gasteiger partial charge in [0.05, 0.1) is 32.9 Å². The summed E-state index contributed by atoms with van der Waals surface area (Å²) in [5.41, 5.74) is 1.36. The van der Waals surface area contributed by atoms with Gasteiger partial charge in [-0.15, -0.1) is 0 Å². The van der Waals surface area contributed by atoms with Crippen LogP contribution in [-0.4, -0.2) is 58.7 Å². The first-order valence-electron chi connectivity index (χ1n) is 11.3. The summed E-state index contributed by atoms with van der Waals surface area (Å²) < 4.78 is 21.5. The number of hydrogen-bond acceptors (Lipinski definition) is 7. The first kappa shape index (κ1) is 25.7. The lowest BCUT2D eigenvalue weighted by Crippen LogP contribution is -2.32. The predicted molar refractivity (Wildman–Crippen MR) is 129 cm³/mol. The molecular formula is C25H31N3O7. The van der Waals surface area contributed by atoms with Gasteiger partial charge in [0, 0.05) is 32.1 Å². The molecule has 10 heteroatoms. The minimum Gasteiger partial charge on any atom is -0.497 e. The molecule has 1 fully saturated rings. The SMILES string of the molecule is CCNC(=O)COc1ccc(CNC(=O)C2CC(=O)N(c3cc(OC)ccc3OC)C2)cc1OC. The molecule has 10 nitrogen and oxygen atoms in total. The fourth-order valence-electron chi connectivity index (χ4n) is 3.79. The summed E-state index contributed by atoms with van der Waals surface area (Å²) in [6.07, 6.45) is 0.0993. The third-order valence-electron chi connectivity index (χ3n) is 5.60. The standard InChI is InChI=1S/C25H31N3O7/c1-5-26-23(29)15-35-21-8-6-16(10-22(21)34-4)13-27-25(31)17-11-24(30)28(14-17)19-12-18(32-2)7-9-20(19)33-3/h6-10,12,17H,5,11,13-15H2,1-4H3,(H,26,29)(H,27,31). The monoisotopic (exact) mass is 485 g/mol. The minimum atomic E-state index is -0.500. The number of rotatable bonds is 11. The molecule has 3 amide bonds. The van der Waals surface area contributed by atoms with E-state index in [1.54, 1.807) is 48.4 Å². The van der Waals surface area contributed by atoms with Crippen LogP contribution in [0, 0.1) is 5.92 Å². The van der Waals surface area contributed by atoms with Crippen molar-refractivity contribution < 1.29 is 33.3 Å². The van der Waals surface area contributed by atoms with Crippen molar-refractivity contribution in [3.8, 4) is 23.0 Å². The Bertz CT molecular complexity index is 1070. The molecule has 1 heterocycles. The maximum Gasteiger partial charge on any atom is 0.257 e. The molecule has 1 saturated heterocycles. The number of benzene rings is 2. The first-order chi connectivity index (χ1) is 16.9. The maximum absolute atomic E-state index is 12.8. The van der Waals surface area contributed by atoms with Crippen molar-refractivity contribution >= 4 is 23.4 Å². The van der Waals surface area contributed by atoms with Crippen LogP contribution in [0.2, 0.25) is 0 Å². The summed E-state index contributed by atoms with van der Waals surface area (Å²) in [6.45, 7) is 2.72. The van der Waals surface area contributed by atoms with Gasteiger partial charge in [-0.1, -0.05) is 6.07 Å². The van der Waals surface area contributed by atoms with Crippen LogP contribution in [0.5, 0.6) is 23.0 Å². The topological polar surface area (TPSA) is 115 Å². The molecule has 35 heavy (non-hydrogen) atoms. The fourth-order valence-corrected chi connectivity index (χ4v) is 3.79. The second kappa shape index (κ2) is 12.0. The summed E-state index contributed by atoms with van der Waals surface area (Å²) in [5, 5.41) is 5.55. The highest BCUT2D eigenvalue weighted by Gasteiger charge is 2.36. The van der Waals surface area contributed by atoms with Crippen LogP contribution < -0.4 is 34.5 Å². The van der Waals surface area contributed by atoms with Crippen molar-refractivity contribution in [1.82, 2.24) is 10.6 Å². The summed E-state index contributed by atoms with van der Waals surface area (Å²) in [4.78, 5) is 38.7. The van der Waals surface area contributed by atoms with Gasteiger partial charge >= 0.3 is 0 Å². The van der Waals surface area contributed by atoms with Crippen molar-refractivity contribution in [2.24, 2.45) is 5.92 Å². The Morgan fingerprint density at radius 2 is 1.71 bits per heavy atom. The largest absolute Gasteiger partial charge is 0.497 e. The second-order valence-electron chi connectivity index (χ2n) is 7.89. The van der Waals surface area contributed by atoms with E-state index in [2.05, 4.69) is 10.6 Å². The molecule has 0 saturated carbocycles. The van der Waals surface area contributed by atoms with Crippen molar-refractivity contribution in [2.45, 2.75) is 19.9 Å². The normalized spacial score (nSPS) is 14.9. The quantitative estimate of drug-likeness (QED) is 0.499. The fraction of sp³-hybridized carbons (Fsp3) is 0.400. The molecule has 2 aromatic carbocycles. The highest BCUT2D eigenvalue weighted by molar-refractivity contribution is 6.01. The van der Waals surface area contributed by atoms with Crippen molar-refractivity contribution in [2.75, 3.05) is 45.9 Å². The van der Waals surface area contributed by atoms with E-state index >= 15 is 0 Å². The third kappa shape index (κ3) is 6.34. The lowest BCUT2D eigenvalue weighted by Gasteiger charge is -2.20. The van der Waals surface area contributed by atoms with Crippen LogP contribution >= 0.6 is 0 Å². The van der Waals surface area contributed by atoms with Crippen molar-refractivity contribution in [3.05, 3.63) is 42.0 Å². The molecule has 2 aromatic rings. The zero-order valence-electron chi connectivity index (χ0n) is 20.4. The Labute approximate surface area is 204 Å². The van der Waals surface area contributed by atoms with E-state index in [4.69, 9.17) is 18.9 Å². The van der Waals surface area contributed by atoms with Crippen LogP contribution in [0.25, 0.3) is 0 Å². The highest BCUT2D eigenvalue weighted by atomic mass is 16.5.